The van der Waals surface area contributed by atoms with Crippen LogP contribution in [0.3, 0.4) is 0 Å². The second-order valence-corrected chi connectivity index (χ2v) is 4.60. The largest absolute Gasteiger partial charge is 0.416 e. The van der Waals surface area contributed by atoms with Crippen molar-refractivity contribution in [3.63, 3.8) is 0 Å². The molecule has 2 heterocycles. The summed E-state index contributed by atoms with van der Waals surface area (Å²) in [6.07, 6.45) is -2.48. The maximum atomic E-state index is 12.5. The molecule has 0 bridgehead atoms. The average Bonchev–Trinajstić information content (AvgIpc) is 2.83. The fourth-order valence-electron chi connectivity index (χ4n) is 2.12. The monoisotopic (exact) mass is 276 g/mol. The number of hydrogen-bond acceptors (Lipinski definition) is 1. The molecule has 0 saturated heterocycles. The lowest BCUT2D eigenvalue weighted by Crippen LogP contribution is -2.03. The Morgan fingerprint density at radius 2 is 1.70 bits per heavy atom. The van der Waals surface area contributed by atoms with E-state index in [2.05, 4.69) is 4.98 Å². The molecule has 0 spiro atoms. The van der Waals surface area contributed by atoms with E-state index in [1.165, 1.54) is 12.1 Å². The van der Waals surface area contributed by atoms with Gasteiger partial charge in [-0.1, -0.05) is 18.2 Å². The van der Waals surface area contributed by atoms with Crippen molar-refractivity contribution in [3.05, 3.63) is 59.9 Å². The molecule has 0 saturated carbocycles. The average molecular weight is 276 g/mol. The molecule has 3 aromatic rings. The molecule has 0 aliphatic rings. The maximum absolute atomic E-state index is 12.5. The Morgan fingerprint density at radius 1 is 1.00 bits per heavy atom. The fourth-order valence-corrected chi connectivity index (χ4v) is 2.12. The van der Waals surface area contributed by atoms with Crippen LogP contribution in [0.1, 0.15) is 11.3 Å². The van der Waals surface area contributed by atoms with Gasteiger partial charge < -0.3 is 4.40 Å². The first-order valence-electron chi connectivity index (χ1n) is 6.07. The van der Waals surface area contributed by atoms with Gasteiger partial charge in [-0.05, 0) is 31.2 Å². The van der Waals surface area contributed by atoms with Gasteiger partial charge in [0, 0.05) is 17.5 Å². The Balaban J connectivity index is 2.05. The molecule has 0 atom stereocenters. The van der Waals surface area contributed by atoms with Gasteiger partial charge in [0.1, 0.15) is 5.65 Å². The predicted molar refractivity (Wildman–Crippen MR) is 70.4 cm³/mol. The summed E-state index contributed by atoms with van der Waals surface area (Å²) in [4.78, 5) is 4.42. The van der Waals surface area contributed by atoms with Crippen molar-refractivity contribution in [3.8, 4) is 11.3 Å². The number of aryl methyl sites for hydroxylation is 1. The lowest BCUT2D eigenvalue weighted by Gasteiger charge is -2.06. The highest BCUT2D eigenvalue weighted by Gasteiger charge is 2.30. The van der Waals surface area contributed by atoms with E-state index in [0.717, 1.165) is 23.5 Å². The fraction of sp³-hybridized carbons (Fsp3) is 0.133. The maximum Gasteiger partial charge on any atom is 0.416 e. The van der Waals surface area contributed by atoms with Gasteiger partial charge in [-0.2, -0.15) is 13.2 Å². The van der Waals surface area contributed by atoms with E-state index in [1.807, 2.05) is 35.7 Å². The van der Waals surface area contributed by atoms with Crippen molar-refractivity contribution in [2.24, 2.45) is 0 Å². The molecule has 1 aromatic carbocycles. The molecule has 0 fully saturated rings. The number of pyridine rings is 1. The van der Waals surface area contributed by atoms with Crippen molar-refractivity contribution >= 4 is 5.65 Å². The quantitative estimate of drug-likeness (QED) is 0.646. The van der Waals surface area contributed by atoms with E-state index in [4.69, 9.17) is 0 Å². The molecule has 102 valence electrons. The zero-order valence-electron chi connectivity index (χ0n) is 10.6. The summed E-state index contributed by atoms with van der Waals surface area (Å²) >= 11 is 0. The summed E-state index contributed by atoms with van der Waals surface area (Å²) in [5, 5.41) is 0. The summed E-state index contributed by atoms with van der Waals surface area (Å²) in [6, 6.07) is 10.7. The lowest BCUT2D eigenvalue weighted by molar-refractivity contribution is -0.137. The minimum absolute atomic E-state index is 0.652. The van der Waals surface area contributed by atoms with Gasteiger partial charge in [-0.15, -0.1) is 0 Å². The van der Waals surface area contributed by atoms with Crippen LogP contribution in [-0.4, -0.2) is 9.38 Å². The number of imidazole rings is 1. The van der Waals surface area contributed by atoms with E-state index in [0.29, 0.717) is 11.3 Å². The van der Waals surface area contributed by atoms with Crippen LogP contribution in [0.2, 0.25) is 0 Å². The topological polar surface area (TPSA) is 17.3 Å². The smallest absolute Gasteiger partial charge is 0.304 e. The van der Waals surface area contributed by atoms with Crippen molar-refractivity contribution < 1.29 is 13.2 Å². The molecular formula is C15H11F3N2. The predicted octanol–water partition coefficient (Wildman–Crippen LogP) is 4.33. The first-order valence-corrected chi connectivity index (χ1v) is 6.07. The molecule has 0 radical (unpaired) electrons. The summed E-state index contributed by atoms with van der Waals surface area (Å²) < 4.78 is 39.5. The van der Waals surface area contributed by atoms with Gasteiger partial charge in [0.2, 0.25) is 0 Å². The number of fused-ring (bicyclic) bond motifs is 1. The molecule has 0 unspecified atom stereocenters. The first-order chi connectivity index (χ1) is 9.45. The van der Waals surface area contributed by atoms with Crippen LogP contribution < -0.4 is 0 Å². The van der Waals surface area contributed by atoms with Gasteiger partial charge >= 0.3 is 6.18 Å². The van der Waals surface area contributed by atoms with Crippen LogP contribution in [-0.2, 0) is 6.18 Å². The number of hydrogen-bond donors (Lipinski definition) is 0. The van der Waals surface area contributed by atoms with Crippen molar-refractivity contribution in [1.82, 2.24) is 9.38 Å². The van der Waals surface area contributed by atoms with Crippen LogP contribution in [0, 0.1) is 6.92 Å². The van der Waals surface area contributed by atoms with Crippen LogP contribution in [0.25, 0.3) is 16.9 Å². The SMILES string of the molecule is Cc1cccc2nc(-c3ccc(C(F)(F)F)cc3)cn12. The summed E-state index contributed by atoms with van der Waals surface area (Å²) in [5.41, 5.74) is 2.48. The molecule has 5 heteroatoms. The Hall–Kier alpha value is -2.30. The summed E-state index contributed by atoms with van der Waals surface area (Å²) in [6.45, 7) is 1.95. The Kier molecular flexibility index (Phi) is 2.78. The molecular weight excluding hydrogens is 265 g/mol. The van der Waals surface area contributed by atoms with Crippen molar-refractivity contribution in [2.45, 2.75) is 13.1 Å². The molecule has 0 aliphatic heterocycles. The highest BCUT2D eigenvalue weighted by Crippen LogP contribution is 2.30. The third-order valence-corrected chi connectivity index (χ3v) is 3.20. The zero-order chi connectivity index (χ0) is 14.3. The first kappa shape index (κ1) is 12.7. The van der Waals surface area contributed by atoms with E-state index in [1.54, 1.807) is 0 Å². The number of alkyl halides is 3. The lowest BCUT2D eigenvalue weighted by atomic mass is 10.1. The van der Waals surface area contributed by atoms with E-state index in [-0.39, 0.29) is 0 Å². The van der Waals surface area contributed by atoms with Crippen LogP contribution in [0.5, 0.6) is 0 Å². The summed E-state index contributed by atoms with van der Waals surface area (Å²) in [7, 11) is 0. The molecule has 20 heavy (non-hydrogen) atoms. The Bertz CT molecular complexity index is 755. The molecule has 2 aromatic heterocycles. The second-order valence-electron chi connectivity index (χ2n) is 4.60. The molecule has 0 amide bonds. The highest BCUT2D eigenvalue weighted by molar-refractivity contribution is 5.63. The van der Waals surface area contributed by atoms with Gasteiger partial charge in [-0.3, -0.25) is 0 Å². The zero-order valence-corrected chi connectivity index (χ0v) is 10.6. The normalized spacial score (nSPS) is 12.0. The van der Waals surface area contributed by atoms with Crippen LogP contribution in [0.15, 0.2) is 48.7 Å². The molecule has 0 N–H and O–H groups in total. The number of halogens is 3. The third-order valence-electron chi connectivity index (χ3n) is 3.20. The number of benzene rings is 1. The number of nitrogens with zero attached hydrogens (tertiary/aromatic N) is 2. The summed E-state index contributed by atoms with van der Waals surface area (Å²) in [5.74, 6) is 0. The minimum atomic E-state index is -4.31. The van der Waals surface area contributed by atoms with E-state index in [9.17, 15) is 13.2 Å². The minimum Gasteiger partial charge on any atom is -0.304 e. The Morgan fingerprint density at radius 3 is 2.30 bits per heavy atom. The highest BCUT2D eigenvalue weighted by atomic mass is 19.4. The second kappa shape index (κ2) is 4.37. The van der Waals surface area contributed by atoms with Crippen LogP contribution >= 0.6 is 0 Å². The van der Waals surface area contributed by atoms with Gasteiger partial charge in [0.05, 0.1) is 11.3 Å². The van der Waals surface area contributed by atoms with Gasteiger partial charge in [0.25, 0.3) is 0 Å². The van der Waals surface area contributed by atoms with Gasteiger partial charge in [0.15, 0.2) is 0 Å². The Labute approximate surface area is 113 Å². The number of rotatable bonds is 1. The number of aromatic nitrogens is 2. The third kappa shape index (κ3) is 2.15. The van der Waals surface area contributed by atoms with Crippen LogP contribution in [0.4, 0.5) is 13.2 Å². The molecule has 2 nitrogen and oxygen atoms in total. The standard InChI is InChI=1S/C15H11F3N2/c1-10-3-2-4-14-19-13(9-20(10)14)11-5-7-12(8-6-11)15(16,17)18/h2-9H,1H3. The molecule has 0 aliphatic carbocycles. The van der Waals surface area contributed by atoms with E-state index < -0.39 is 11.7 Å². The molecule has 3 rings (SSSR count). The van der Waals surface area contributed by atoms with Crippen molar-refractivity contribution in [2.75, 3.05) is 0 Å². The van der Waals surface area contributed by atoms with E-state index >= 15 is 0 Å². The van der Waals surface area contributed by atoms with Crippen molar-refractivity contribution in [1.29, 1.82) is 0 Å². The van der Waals surface area contributed by atoms with Gasteiger partial charge in [-0.25, -0.2) is 4.98 Å².